The second kappa shape index (κ2) is 6.40. The normalized spacial score (nSPS) is 11.3. The molecule has 0 fully saturated rings. The monoisotopic (exact) mass is 333 g/mol. The summed E-state index contributed by atoms with van der Waals surface area (Å²) in [4.78, 5) is 16.3. The number of esters is 1. The molecule has 3 aromatic rings. The van der Waals surface area contributed by atoms with Gasteiger partial charge < -0.3 is 9.30 Å². The van der Waals surface area contributed by atoms with Crippen molar-refractivity contribution in [3.8, 4) is 17.3 Å². The Bertz CT molecular complexity index is 960. The van der Waals surface area contributed by atoms with Crippen LogP contribution >= 0.6 is 0 Å². The molecule has 0 aliphatic heterocycles. The Kier molecular flexibility index (Phi) is 4.28. The highest BCUT2D eigenvalue weighted by Crippen LogP contribution is 2.29. The van der Waals surface area contributed by atoms with E-state index in [9.17, 15) is 4.79 Å². The number of benzene rings is 1. The number of fused-ring (bicyclic) bond motifs is 1. The number of hydrogen-bond acceptors (Lipinski definition) is 4. The summed E-state index contributed by atoms with van der Waals surface area (Å²) in [5, 5.41) is 10.0. The fourth-order valence-electron chi connectivity index (χ4n) is 2.57. The number of rotatable bonds is 3. The molecule has 0 atom stereocenters. The first kappa shape index (κ1) is 16.7. The van der Waals surface area contributed by atoms with Gasteiger partial charge in [0, 0.05) is 23.3 Å². The van der Waals surface area contributed by atoms with E-state index in [2.05, 4.69) is 11.1 Å². The first-order valence-electron chi connectivity index (χ1n) is 8.01. The van der Waals surface area contributed by atoms with Gasteiger partial charge in [-0.05, 0) is 57.2 Å². The largest absolute Gasteiger partial charge is 0.443 e. The number of ether oxygens (including phenoxy) is 1. The highest BCUT2D eigenvalue weighted by Gasteiger charge is 2.23. The molecule has 0 N–H and O–H groups in total. The van der Waals surface area contributed by atoms with E-state index in [1.54, 1.807) is 18.5 Å². The van der Waals surface area contributed by atoms with Crippen molar-refractivity contribution in [2.24, 2.45) is 5.41 Å². The van der Waals surface area contributed by atoms with Crippen LogP contribution in [0, 0.1) is 16.7 Å². The molecule has 0 radical (unpaired) electrons. The fourth-order valence-corrected chi connectivity index (χ4v) is 2.57. The van der Waals surface area contributed by atoms with Gasteiger partial charge in [0.2, 0.25) is 0 Å². The second-order valence-corrected chi connectivity index (χ2v) is 6.90. The highest BCUT2D eigenvalue weighted by atomic mass is 16.5. The molecular weight excluding hydrogens is 314 g/mol. The van der Waals surface area contributed by atoms with Crippen molar-refractivity contribution in [2.75, 3.05) is 0 Å². The molecule has 0 aliphatic rings. The van der Waals surface area contributed by atoms with Crippen molar-refractivity contribution in [1.29, 1.82) is 5.26 Å². The summed E-state index contributed by atoms with van der Waals surface area (Å²) < 4.78 is 7.44. The molecule has 0 unspecified atom stereocenters. The molecule has 0 saturated heterocycles. The number of nitriles is 1. The third kappa shape index (κ3) is 3.38. The molecule has 0 amide bonds. The van der Waals surface area contributed by atoms with E-state index < -0.39 is 5.41 Å². The van der Waals surface area contributed by atoms with Crippen LogP contribution in [0.25, 0.3) is 22.2 Å². The van der Waals surface area contributed by atoms with E-state index in [1.807, 2.05) is 55.7 Å². The number of pyridine rings is 1. The predicted octanol–water partition coefficient (Wildman–Crippen LogP) is 4.12. The molecule has 2 aromatic heterocycles. The van der Waals surface area contributed by atoms with Crippen LogP contribution in [0.1, 0.15) is 26.3 Å². The lowest BCUT2D eigenvalue weighted by atomic mass is 9.98. The van der Waals surface area contributed by atoms with Crippen LogP contribution < -0.4 is 0 Å². The Morgan fingerprint density at radius 2 is 2.08 bits per heavy atom. The van der Waals surface area contributed by atoms with Gasteiger partial charge in [-0.1, -0.05) is 0 Å². The van der Waals surface area contributed by atoms with Gasteiger partial charge in [-0.3, -0.25) is 9.78 Å². The molecule has 5 nitrogen and oxygen atoms in total. The van der Waals surface area contributed by atoms with Crippen molar-refractivity contribution in [1.82, 2.24) is 9.55 Å². The molecule has 0 spiro atoms. The minimum atomic E-state index is -0.564. The number of carbonyl (C=O) groups is 1. The van der Waals surface area contributed by atoms with Gasteiger partial charge >= 0.3 is 5.97 Å². The van der Waals surface area contributed by atoms with E-state index in [0.29, 0.717) is 5.56 Å². The molecule has 0 saturated carbocycles. The minimum Gasteiger partial charge on any atom is -0.443 e. The fraction of sp³-hybridized carbons (Fsp3) is 0.250. The molecule has 2 heterocycles. The third-order valence-electron chi connectivity index (χ3n) is 3.92. The van der Waals surface area contributed by atoms with E-state index in [4.69, 9.17) is 10.00 Å². The van der Waals surface area contributed by atoms with Crippen LogP contribution in [-0.4, -0.2) is 15.5 Å². The molecule has 1 aromatic carbocycles. The third-order valence-corrected chi connectivity index (χ3v) is 3.92. The zero-order valence-electron chi connectivity index (χ0n) is 14.5. The first-order chi connectivity index (χ1) is 11.9. The van der Waals surface area contributed by atoms with Gasteiger partial charge in [-0.2, -0.15) is 5.26 Å². The summed E-state index contributed by atoms with van der Waals surface area (Å²) in [6, 6.07) is 13.4. The summed E-state index contributed by atoms with van der Waals surface area (Å²) >= 11 is 0. The Hall–Kier alpha value is -3.13. The van der Waals surface area contributed by atoms with Crippen molar-refractivity contribution >= 4 is 16.9 Å². The van der Waals surface area contributed by atoms with E-state index in [0.717, 1.165) is 22.2 Å². The molecule has 5 heteroatoms. The smallest absolute Gasteiger partial charge is 0.312 e. The Morgan fingerprint density at radius 3 is 2.72 bits per heavy atom. The maximum absolute atomic E-state index is 12.2. The molecule has 0 aliphatic carbocycles. The lowest BCUT2D eigenvalue weighted by Crippen LogP contribution is -2.24. The average molecular weight is 333 g/mol. The van der Waals surface area contributed by atoms with Crippen LogP contribution in [-0.2, 0) is 16.3 Å². The van der Waals surface area contributed by atoms with E-state index in [-0.39, 0.29) is 12.7 Å². The van der Waals surface area contributed by atoms with Gasteiger partial charge in [0.1, 0.15) is 0 Å². The van der Waals surface area contributed by atoms with Crippen molar-refractivity contribution in [2.45, 2.75) is 27.5 Å². The summed E-state index contributed by atoms with van der Waals surface area (Å²) in [6.07, 6.45) is 3.48. The van der Waals surface area contributed by atoms with Gasteiger partial charge in [0.05, 0.1) is 28.3 Å². The Balaban J connectivity index is 2.07. The minimum absolute atomic E-state index is 0.107. The lowest BCUT2D eigenvalue weighted by Gasteiger charge is -2.18. The van der Waals surface area contributed by atoms with E-state index in [1.165, 1.54) is 0 Å². The number of hydrogen-bond donors (Lipinski definition) is 0. The molecular formula is C20H19N3O2. The molecule has 25 heavy (non-hydrogen) atoms. The van der Waals surface area contributed by atoms with E-state index >= 15 is 0 Å². The van der Waals surface area contributed by atoms with Crippen LogP contribution in [0.3, 0.4) is 0 Å². The van der Waals surface area contributed by atoms with Crippen LogP contribution in [0.4, 0.5) is 0 Å². The molecule has 0 bridgehead atoms. The second-order valence-electron chi connectivity index (χ2n) is 6.90. The topological polar surface area (TPSA) is 67.9 Å². The average Bonchev–Trinajstić information content (AvgIpc) is 2.97. The Morgan fingerprint density at radius 1 is 1.28 bits per heavy atom. The lowest BCUT2D eigenvalue weighted by molar-refractivity contribution is -0.156. The van der Waals surface area contributed by atoms with Crippen molar-refractivity contribution < 1.29 is 9.53 Å². The van der Waals surface area contributed by atoms with Crippen LogP contribution in [0.15, 0.2) is 48.8 Å². The zero-order chi connectivity index (χ0) is 18.0. The van der Waals surface area contributed by atoms with Gasteiger partial charge in [0.25, 0.3) is 0 Å². The predicted molar refractivity (Wildman–Crippen MR) is 95.4 cm³/mol. The molecule has 126 valence electrons. The molecule has 3 rings (SSSR count). The highest BCUT2D eigenvalue weighted by molar-refractivity contribution is 5.88. The van der Waals surface area contributed by atoms with Gasteiger partial charge in [-0.25, -0.2) is 0 Å². The zero-order valence-corrected chi connectivity index (χ0v) is 14.5. The summed E-state index contributed by atoms with van der Waals surface area (Å²) in [6.45, 7) is 5.58. The maximum Gasteiger partial charge on any atom is 0.312 e. The van der Waals surface area contributed by atoms with Crippen molar-refractivity contribution in [3.63, 3.8) is 0 Å². The van der Waals surface area contributed by atoms with Gasteiger partial charge in [-0.15, -0.1) is 0 Å². The quantitative estimate of drug-likeness (QED) is 0.676. The maximum atomic E-state index is 12.2. The summed E-state index contributed by atoms with van der Waals surface area (Å²) in [5.74, 6) is -0.264. The standard InChI is InChI=1S/C20H19N3O2/c1-20(2,3)19(24)25-13-23-17-7-6-14(11-21)9-16(17)10-18(23)15-5-4-8-22-12-15/h4-10,12H,13H2,1-3H3. The van der Waals surface area contributed by atoms with Crippen molar-refractivity contribution in [3.05, 3.63) is 54.4 Å². The summed E-state index contributed by atoms with van der Waals surface area (Å²) in [5.41, 5.74) is 2.74. The number of aromatic nitrogens is 2. The van der Waals surface area contributed by atoms with Crippen LogP contribution in [0.5, 0.6) is 0 Å². The first-order valence-corrected chi connectivity index (χ1v) is 8.01. The van der Waals surface area contributed by atoms with Crippen LogP contribution in [0.2, 0.25) is 0 Å². The number of nitrogens with zero attached hydrogens (tertiary/aromatic N) is 3. The number of carbonyl (C=O) groups excluding carboxylic acids is 1. The van der Waals surface area contributed by atoms with Gasteiger partial charge in [0.15, 0.2) is 6.73 Å². The SMILES string of the molecule is CC(C)(C)C(=O)OCn1c(-c2cccnc2)cc2cc(C#N)ccc21. The summed E-state index contributed by atoms with van der Waals surface area (Å²) in [7, 11) is 0. The Labute approximate surface area is 146 Å².